The molecule has 0 saturated carbocycles. The zero-order valence-corrected chi connectivity index (χ0v) is 9.62. The number of hydrogen-bond donors (Lipinski definition) is 1. The molecule has 3 aromatic rings. The van der Waals surface area contributed by atoms with E-state index in [0.29, 0.717) is 16.9 Å². The molecule has 0 fully saturated rings. The number of carboxylic acid groups (broad SMARTS) is 1. The Balaban J connectivity index is 2.33. The molecule has 0 aliphatic carbocycles. The molecule has 1 aromatic carbocycles. The minimum absolute atomic E-state index is 0.104. The number of halogens is 1. The first kappa shape index (κ1) is 11.3. The fraction of sp³-hybridized carbons (Fsp3) is 0. The van der Waals surface area contributed by atoms with Gasteiger partial charge in [-0.05, 0) is 12.1 Å². The van der Waals surface area contributed by atoms with Crippen LogP contribution in [0.4, 0.5) is 4.39 Å². The van der Waals surface area contributed by atoms with Crippen molar-refractivity contribution in [3.05, 3.63) is 54.4 Å². The number of fused-ring (bicyclic) bond motifs is 1. The summed E-state index contributed by atoms with van der Waals surface area (Å²) in [5.41, 5.74) is 0.773. The molecule has 0 aliphatic heterocycles. The fourth-order valence-corrected chi connectivity index (χ4v) is 1.93. The van der Waals surface area contributed by atoms with Gasteiger partial charge in [0, 0.05) is 18.0 Å². The summed E-state index contributed by atoms with van der Waals surface area (Å²) in [5.74, 6) is -1.18. The minimum Gasteiger partial charge on any atom is -0.476 e. The molecule has 0 atom stereocenters. The number of rotatable bonds is 2. The fourth-order valence-electron chi connectivity index (χ4n) is 1.93. The average molecular weight is 257 g/mol. The van der Waals surface area contributed by atoms with E-state index in [1.54, 1.807) is 22.7 Å². The average Bonchev–Trinajstić information content (AvgIpc) is 2.78. The molecule has 19 heavy (non-hydrogen) atoms. The van der Waals surface area contributed by atoms with Gasteiger partial charge in [-0.1, -0.05) is 12.1 Å². The van der Waals surface area contributed by atoms with Crippen molar-refractivity contribution < 1.29 is 14.3 Å². The summed E-state index contributed by atoms with van der Waals surface area (Å²) < 4.78 is 14.8. The summed E-state index contributed by atoms with van der Waals surface area (Å²) in [5, 5.41) is 9.12. The Morgan fingerprint density at radius 1 is 1.37 bits per heavy atom. The highest BCUT2D eigenvalue weighted by molar-refractivity contribution is 5.94. The van der Waals surface area contributed by atoms with E-state index in [1.807, 2.05) is 0 Å². The van der Waals surface area contributed by atoms with Gasteiger partial charge in [0.05, 0.1) is 11.7 Å². The molecular formula is C13H8FN3O2. The number of hydrogen-bond acceptors (Lipinski definition) is 3. The van der Waals surface area contributed by atoms with E-state index in [4.69, 9.17) is 5.11 Å². The molecule has 94 valence electrons. The predicted molar refractivity (Wildman–Crippen MR) is 65.3 cm³/mol. The highest BCUT2D eigenvalue weighted by atomic mass is 19.1. The highest BCUT2D eigenvalue weighted by Crippen LogP contribution is 2.22. The van der Waals surface area contributed by atoms with Crippen LogP contribution < -0.4 is 0 Å². The van der Waals surface area contributed by atoms with Crippen molar-refractivity contribution in [2.75, 3.05) is 0 Å². The Morgan fingerprint density at radius 3 is 2.95 bits per heavy atom. The zero-order chi connectivity index (χ0) is 13.4. The second-order valence-electron chi connectivity index (χ2n) is 3.93. The minimum atomic E-state index is -1.15. The second-order valence-corrected chi connectivity index (χ2v) is 3.93. The van der Waals surface area contributed by atoms with Crippen molar-refractivity contribution >= 4 is 11.5 Å². The lowest BCUT2D eigenvalue weighted by Crippen LogP contribution is -1.97. The van der Waals surface area contributed by atoms with Gasteiger partial charge in [-0.3, -0.25) is 9.38 Å². The maximum absolute atomic E-state index is 13.3. The van der Waals surface area contributed by atoms with Gasteiger partial charge in [-0.15, -0.1) is 0 Å². The molecule has 0 bridgehead atoms. The first-order valence-electron chi connectivity index (χ1n) is 5.48. The van der Waals surface area contributed by atoms with Gasteiger partial charge in [0.1, 0.15) is 11.6 Å². The third-order valence-electron chi connectivity index (χ3n) is 2.73. The Labute approximate surface area is 107 Å². The molecule has 5 nitrogen and oxygen atoms in total. The summed E-state index contributed by atoms with van der Waals surface area (Å²) in [4.78, 5) is 19.1. The standard InChI is InChI=1S/C13H8FN3O2/c14-9-3-1-2-8(6-9)12-16-11(13(18)19)10-7-15-4-5-17(10)12/h1-7H,(H,18,19). The normalized spacial score (nSPS) is 10.8. The van der Waals surface area contributed by atoms with Crippen molar-refractivity contribution in [3.8, 4) is 11.4 Å². The molecule has 3 rings (SSSR count). The molecule has 6 heteroatoms. The number of nitrogens with zero attached hydrogens (tertiary/aromatic N) is 3. The highest BCUT2D eigenvalue weighted by Gasteiger charge is 2.17. The number of carbonyl (C=O) groups is 1. The van der Waals surface area contributed by atoms with Crippen molar-refractivity contribution in [2.24, 2.45) is 0 Å². The van der Waals surface area contributed by atoms with E-state index >= 15 is 0 Å². The summed E-state index contributed by atoms with van der Waals surface area (Å²) in [6.07, 6.45) is 4.53. The maximum atomic E-state index is 13.3. The van der Waals surface area contributed by atoms with Gasteiger partial charge in [0.15, 0.2) is 5.69 Å². The van der Waals surface area contributed by atoms with Crippen molar-refractivity contribution in [2.45, 2.75) is 0 Å². The van der Waals surface area contributed by atoms with Crippen LogP contribution in [0.25, 0.3) is 16.9 Å². The number of aromatic nitrogens is 3. The maximum Gasteiger partial charge on any atom is 0.356 e. The van der Waals surface area contributed by atoms with Crippen molar-refractivity contribution in [3.63, 3.8) is 0 Å². The van der Waals surface area contributed by atoms with Crippen LogP contribution in [0.3, 0.4) is 0 Å². The lowest BCUT2D eigenvalue weighted by molar-refractivity contribution is 0.0693. The Bertz CT molecular complexity index is 782. The first-order chi connectivity index (χ1) is 9.16. The van der Waals surface area contributed by atoms with Gasteiger partial charge < -0.3 is 5.11 Å². The Hall–Kier alpha value is -2.76. The van der Waals surface area contributed by atoms with Crippen LogP contribution in [0.15, 0.2) is 42.9 Å². The number of imidazole rings is 1. The van der Waals surface area contributed by atoms with Gasteiger partial charge in [0.25, 0.3) is 0 Å². The summed E-state index contributed by atoms with van der Waals surface area (Å²) in [7, 11) is 0. The van der Waals surface area contributed by atoms with Crippen LogP contribution in [0.2, 0.25) is 0 Å². The van der Waals surface area contributed by atoms with Gasteiger partial charge >= 0.3 is 5.97 Å². The molecule has 0 aliphatic rings. The third kappa shape index (κ3) is 1.83. The molecular weight excluding hydrogens is 249 g/mol. The Kier molecular flexibility index (Phi) is 2.49. The van der Waals surface area contributed by atoms with Crippen molar-refractivity contribution in [1.82, 2.24) is 14.4 Å². The molecule has 0 amide bonds. The molecule has 2 heterocycles. The second kappa shape index (κ2) is 4.16. The van der Waals surface area contributed by atoms with E-state index in [1.165, 1.54) is 24.5 Å². The summed E-state index contributed by atoms with van der Waals surface area (Å²) >= 11 is 0. The quantitative estimate of drug-likeness (QED) is 0.764. The van der Waals surface area contributed by atoms with E-state index in [9.17, 15) is 9.18 Å². The van der Waals surface area contributed by atoms with Gasteiger partial charge in [0.2, 0.25) is 0 Å². The molecule has 0 unspecified atom stereocenters. The zero-order valence-electron chi connectivity index (χ0n) is 9.62. The summed E-state index contributed by atoms with van der Waals surface area (Å²) in [6.45, 7) is 0. The molecule has 0 spiro atoms. The number of carboxylic acids is 1. The van der Waals surface area contributed by atoms with E-state index < -0.39 is 11.8 Å². The predicted octanol–water partition coefficient (Wildman–Crippen LogP) is 2.23. The van der Waals surface area contributed by atoms with E-state index in [-0.39, 0.29) is 5.69 Å². The molecule has 0 saturated heterocycles. The van der Waals surface area contributed by atoms with Crippen LogP contribution in [0.5, 0.6) is 0 Å². The topological polar surface area (TPSA) is 67.5 Å². The number of aromatic carboxylic acids is 1. The lowest BCUT2D eigenvalue weighted by atomic mass is 10.2. The smallest absolute Gasteiger partial charge is 0.356 e. The van der Waals surface area contributed by atoms with Crippen LogP contribution in [-0.4, -0.2) is 25.4 Å². The molecule has 0 radical (unpaired) electrons. The van der Waals surface area contributed by atoms with Crippen LogP contribution in [-0.2, 0) is 0 Å². The lowest BCUT2D eigenvalue weighted by Gasteiger charge is -2.00. The third-order valence-corrected chi connectivity index (χ3v) is 2.73. The van der Waals surface area contributed by atoms with Crippen LogP contribution in [0, 0.1) is 5.82 Å². The van der Waals surface area contributed by atoms with Crippen LogP contribution >= 0.6 is 0 Å². The molecule has 2 aromatic heterocycles. The monoisotopic (exact) mass is 257 g/mol. The largest absolute Gasteiger partial charge is 0.476 e. The summed E-state index contributed by atoms with van der Waals surface area (Å²) in [6, 6.07) is 5.84. The Morgan fingerprint density at radius 2 is 2.21 bits per heavy atom. The van der Waals surface area contributed by atoms with E-state index in [0.717, 1.165) is 0 Å². The molecule has 1 N–H and O–H groups in total. The van der Waals surface area contributed by atoms with Gasteiger partial charge in [-0.2, -0.15) is 0 Å². The SMILES string of the molecule is O=C(O)c1nc(-c2cccc(F)c2)n2ccncc12. The van der Waals surface area contributed by atoms with Crippen LogP contribution in [0.1, 0.15) is 10.5 Å². The number of benzene rings is 1. The van der Waals surface area contributed by atoms with Gasteiger partial charge in [-0.25, -0.2) is 14.2 Å². The van der Waals surface area contributed by atoms with Crippen molar-refractivity contribution in [1.29, 1.82) is 0 Å². The van der Waals surface area contributed by atoms with E-state index in [2.05, 4.69) is 9.97 Å². The first-order valence-corrected chi connectivity index (χ1v) is 5.48.